The summed E-state index contributed by atoms with van der Waals surface area (Å²) in [5, 5.41) is 3.48. The van der Waals surface area contributed by atoms with E-state index in [0.29, 0.717) is 27.8 Å². The summed E-state index contributed by atoms with van der Waals surface area (Å²) in [6.07, 6.45) is 0. The molecule has 0 aliphatic carbocycles. The van der Waals surface area contributed by atoms with Crippen molar-refractivity contribution in [1.82, 2.24) is 10.2 Å². The minimum absolute atomic E-state index is 0.0219. The second-order valence-electron chi connectivity index (χ2n) is 8.63. The van der Waals surface area contributed by atoms with E-state index in [0.717, 1.165) is 14.3 Å². The van der Waals surface area contributed by atoms with Gasteiger partial charge < -0.3 is 10.2 Å². The molecule has 0 fully saturated rings. The van der Waals surface area contributed by atoms with Crippen LogP contribution >= 0.6 is 39.1 Å². The van der Waals surface area contributed by atoms with Gasteiger partial charge in [0.2, 0.25) is 11.8 Å². The molecule has 1 N–H and O–H groups in total. The number of rotatable bonds is 10. The lowest BCUT2D eigenvalue weighted by molar-refractivity contribution is -0.139. The van der Waals surface area contributed by atoms with E-state index >= 15 is 0 Å². The fourth-order valence-corrected chi connectivity index (χ4v) is 5.86. The fourth-order valence-electron chi connectivity index (χ4n) is 3.71. The lowest BCUT2D eigenvalue weighted by Crippen LogP contribution is -2.51. The number of aryl methyl sites for hydroxylation is 1. The highest BCUT2D eigenvalue weighted by molar-refractivity contribution is 9.10. The average molecular weight is 641 g/mol. The second kappa shape index (κ2) is 13.0. The SMILES string of the molecule is CCNC(=O)[C@@H](C)N(Cc1ccc(Cl)cc1Cl)C(=O)CN(c1ccc(Br)cc1)S(=O)(=O)c1ccc(C)cc1. The zero-order valence-corrected chi connectivity index (χ0v) is 25.0. The summed E-state index contributed by atoms with van der Waals surface area (Å²) < 4.78 is 29.3. The minimum Gasteiger partial charge on any atom is -0.355 e. The number of anilines is 1. The highest BCUT2D eigenvalue weighted by Crippen LogP contribution is 2.27. The number of amides is 2. The maximum Gasteiger partial charge on any atom is 0.264 e. The van der Waals surface area contributed by atoms with Crippen LogP contribution in [0.4, 0.5) is 5.69 Å². The molecular formula is C27H28BrCl2N3O4S. The van der Waals surface area contributed by atoms with Crippen molar-refractivity contribution in [2.24, 2.45) is 0 Å². The largest absolute Gasteiger partial charge is 0.355 e. The van der Waals surface area contributed by atoms with Gasteiger partial charge in [0, 0.05) is 27.6 Å². The number of sulfonamides is 1. The molecule has 3 rings (SSSR count). The molecule has 202 valence electrons. The van der Waals surface area contributed by atoms with Crippen LogP contribution in [-0.4, -0.2) is 44.3 Å². The van der Waals surface area contributed by atoms with Crippen LogP contribution in [0, 0.1) is 6.92 Å². The van der Waals surface area contributed by atoms with Crippen molar-refractivity contribution in [2.45, 2.75) is 38.3 Å². The monoisotopic (exact) mass is 639 g/mol. The molecule has 0 aromatic heterocycles. The van der Waals surface area contributed by atoms with Gasteiger partial charge in [-0.1, -0.05) is 62.9 Å². The topological polar surface area (TPSA) is 86.8 Å². The van der Waals surface area contributed by atoms with Crippen LogP contribution in [0.25, 0.3) is 0 Å². The van der Waals surface area contributed by atoms with Crippen molar-refractivity contribution in [3.05, 3.63) is 92.4 Å². The quantitative estimate of drug-likeness (QED) is 0.303. The smallest absolute Gasteiger partial charge is 0.264 e. The lowest BCUT2D eigenvalue weighted by Gasteiger charge is -2.32. The molecule has 2 amide bonds. The minimum atomic E-state index is -4.13. The number of likely N-dealkylation sites (N-methyl/N-ethyl adjacent to an activating group) is 1. The van der Waals surface area contributed by atoms with Crippen molar-refractivity contribution in [2.75, 3.05) is 17.4 Å². The van der Waals surface area contributed by atoms with Gasteiger partial charge in [-0.2, -0.15) is 0 Å². The molecule has 0 spiro atoms. The Labute approximate surface area is 241 Å². The first kappa shape index (κ1) is 30.0. The van der Waals surface area contributed by atoms with Gasteiger partial charge in [0.15, 0.2) is 0 Å². The summed E-state index contributed by atoms with van der Waals surface area (Å²) >= 11 is 15.8. The number of carbonyl (C=O) groups is 2. The van der Waals surface area contributed by atoms with E-state index in [9.17, 15) is 18.0 Å². The predicted molar refractivity (Wildman–Crippen MR) is 155 cm³/mol. The summed E-state index contributed by atoms with van der Waals surface area (Å²) in [5.41, 5.74) is 1.77. The highest BCUT2D eigenvalue weighted by atomic mass is 79.9. The molecule has 7 nitrogen and oxygen atoms in total. The number of nitrogens with zero attached hydrogens (tertiary/aromatic N) is 2. The first-order chi connectivity index (χ1) is 17.9. The van der Waals surface area contributed by atoms with Crippen LogP contribution < -0.4 is 9.62 Å². The van der Waals surface area contributed by atoms with Crippen LogP contribution in [-0.2, 0) is 26.2 Å². The van der Waals surface area contributed by atoms with E-state index in [4.69, 9.17) is 23.2 Å². The van der Waals surface area contributed by atoms with E-state index in [1.54, 1.807) is 68.4 Å². The molecule has 0 radical (unpaired) electrons. The highest BCUT2D eigenvalue weighted by Gasteiger charge is 2.32. The molecule has 11 heteroatoms. The molecule has 0 aliphatic rings. The summed E-state index contributed by atoms with van der Waals surface area (Å²) in [6.45, 7) is 5.04. The van der Waals surface area contributed by atoms with Crippen molar-refractivity contribution in [1.29, 1.82) is 0 Å². The number of halogens is 3. The number of carbonyl (C=O) groups excluding carboxylic acids is 2. The molecule has 0 bridgehead atoms. The standard InChI is InChI=1S/C27H28BrCl2N3O4S/c1-4-31-27(35)19(3)32(16-20-7-10-22(29)15-25(20)30)26(34)17-33(23-11-8-21(28)9-12-23)38(36,37)24-13-5-18(2)6-14-24/h5-15,19H,4,16-17H2,1-3H3,(H,31,35)/t19-/m1/s1. The third-order valence-corrected chi connectivity index (χ3v) is 8.78. The van der Waals surface area contributed by atoms with Gasteiger partial charge in [0.1, 0.15) is 12.6 Å². The van der Waals surface area contributed by atoms with E-state index < -0.39 is 28.5 Å². The molecule has 1 atom stereocenters. The number of benzene rings is 3. The zero-order valence-electron chi connectivity index (χ0n) is 21.1. The molecule has 0 aliphatic heterocycles. The Kier molecular flexibility index (Phi) is 10.2. The maximum atomic E-state index is 13.8. The molecule has 0 saturated heterocycles. The van der Waals surface area contributed by atoms with E-state index in [1.807, 2.05) is 6.92 Å². The molecule has 3 aromatic rings. The normalized spacial score (nSPS) is 12.1. The van der Waals surface area contributed by atoms with E-state index in [-0.39, 0.29) is 17.3 Å². The van der Waals surface area contributed by atoms with E-state index in [2.05, 4.69) is 21.2 Å². The Bertz CT molecular complexity index is 1400. The van der Waals surface area contributed by atoms with Crippen LogP contribution in [0.5, 0.6) is 0 Å². The Morgan fingerprint density at radius 1 is 1.00 bits per heavy atom. The van der Waals surface area contributed by atoms with Crippen LogP contribution in [0.2, 0.25) is 10.0 Å². The summed E-state index contributed by atoms with van der Waals surface area (Å²) in [4.78, 5) is 27.9. The summed E-state index contributed by atoms with van der Waals surface area (Å²) in [7, 11) is -4.13. The zero-order chi connectivity index (χ0) is 28.0. The average Bonchev–Trinajstić information content (AvgIpc) is 2.87. The molecule has 38 heavy (non-hydrogen) atoms. The summed E-state index contributed by atoms with van der Waals surface area (Å²) in [6, 6.07) is 17.0. The van der Waals surface area contributed by atoms with Crippen LogP contribution in [0.15, 0.2) is 76.1 Å². The first-order valence-electron chi connectivity index (χ1n) is 11.8. The van der Waals surface area contributed by atoms with Gasteiger partial charge in [-0.25, -0.2) is 8.42 Å². The van der Waals surface area contributed by atoms with Gasteiger partial charge in [-0.05, 0) is 74.9 Å². The van der Waals surface area contributed by atoms with Gasteiger partial charge >= 0.3 is 0 Å². The Morgan fingerprint density at radius 3 is 2.21 bits per heavy atom. The fraction of sp³-hybridized carbons (Fsp3) is 0.259. The molecule has 0 heterocycles. The maximum absolute atomic E-state index is 13.8. The van der Waals surface area contributed by atoms with Gasteiger partial charge in [0.25, 0.3) is 10.0 Å². The Hall–Kier alpha value is -2.59. The van der Waals surface area contributed by atoms with Gasteiger partial charge in [-0.15, -0.1) is 0 Å². The van der Waals surface area contributed by atoms with Crippen molar-refractivity contribution >= 4 is 66.7 Å². The Morgan fingerprint density at radius 2 is 1.63 bits per heavy atom. The van der Waals surface area contributed by atoms with Crippen LogP contribution in [0.1, 0.15) is 25.0 Å². The van der Waals surface area contributed by atoms with Gasteiger partial charge in [-0.3, -0.25) is 13.9 Å². The lowest BCUT2D eigenvalue weighted by atomic mass is 10.1. The van der Waals surface area contributed by atoms with Crippen LogP contribution in [0.3, 0.4) is 0 Å². The predicted octanol–water partition coefficient (Wildman–Crippen LogP) is 5.81. The van der Waals surface area contributed by atoms with Crippen molar-refractivity contribution in [3.8, 4) is 0 Å². The number of hydrogen-bond donors (Lipinski definition) is 1. The van der Waals surface area contributed by atoms with Crippen molar-refractivity contribution < 1.29 is 18.0 Å². The summed E-state index contributed by atoms with van der Waals surface area (Å²) in [5.74, 6) is -0.948. The second-order valence-corrected chi connectivity index (χ2v) is 12.3. The molecular weight excluding hydrogens is 613 g/mol. The third kappa shape index (κ3) is 7.28. The first-order valence-corrected chi connectivity index (χ1v) is 14.8. The third-order valence-electron chi connectivity index (χ3n) is 5.88. The van der Waals surface area contributed by atoms with Gasteiger partial charge in [0.05, 0.1) is 10.6 Å². The molecule has 3 aromatic carbocycles. The van der Waals surface area contributed by atoms with Crippen molar-refractivity contribution in [3.63, 3.8) is 0 Å². The van der Waals surface area contributed by atoms with E-state index in [1.165, 1.54) is 17.0 Å². The molecule has 0 saturated carbocycles. The number of hydrogen-bond acceptors (Lipinski definition) is 4. The Balaban J connectivity index is 2.04. The number of nitrogens with one attached hydrogen (secondary N) is 1. The molecule has 0 unspecified atom stereocenters.